The minimum absolute atomic E-state index is 0.104. The maximum absolute atomic E-state index is 5.68. The monoisotopic (exact) mass is 234 g/mol. The molecule has 0 aromatic carbocycles. The number of nitrogens with two attached hydrogens (primary N) is 3. The molecular formula is C9H14N8. The SMILES string of the molecule is NC(N)=NCCCn1cnc2c(N)ncnc21. The molecule has 2 aromatic heterocycles. The van der Waals surface area contributed by atoms with Gasteiger partial charge in [-0.2, -0.15) is 0 Å². The highest BCUT2D eigenvalue weighted by molar-refractivity contribution is 5.81. The van der Waals surface area contributed by atoms with Crippen molar-refractivity contribution in [2.24, 2.45) is 16.5 Å². The Labute approximate surface area is 97.6 Å². The van der Waals surface area contributed by atoms with Gasteiger partial charge in [0.2, 0.25) is 0 Å². The number of rotatable bonds is 4. The number of aryl methyl sites for hydroxylation is 1. The van der Waals surface area contributed by atoms with Crippen LogP contribution in [0, 0.1) is 0 Å². The van der Waals surface area contributed by atoms with Crippen LogP contribution in [0.15, 0.2) is 17.6 Å². The lowest BCUT2D eigenvalue weighted by molar-refractivity contribution is 0.661. The van der Waals surface area contributed by atoms with Crippen LogP contribution in [0.2, 0.25) is 0 Å². The Morgan fingerprint density at radius 2 is 2.12 bits per heavy atom. The molecule has 8 nitrogen and oxygen atoms in total. The molecular weight excluding hydrogens is 220 g/mol. The van der Waals surface area contributed by atoms with E-state index in [2.05, 4.69) is 19.9 Å². The van der Waals surface area contributed by atoms with Crippen molar-refractivity contribution in [1.82, 2.24) is 19.5 Å². The molecule has 0 saturated carbocycles. The topological polar surface area (TPSA) is 134 Å². The summed E-state index contributed by atoms with van der Waals surface area (Å²) in [6.45, 7) is 1.30. The van der Waals surface area contributed by atoms with E-state index in [9.17, 15) is 0 Å². The van der Waals surface area contributed by atoms with Gasteiger partial charge in [0.1, 0.15) is 11.8 Å². The van der Waals surface area contributed by atoms with E-state index in [1.54, 1.807) is 6.33 Å². The van der Waals surface area contributed by atoms with Gasteiger partial charge in [0.25, 0.3) is 0 Å². The standard InChI is InChI=1S/C9H14N8/c10-7-6-8(15-4-14-7)17(5-16-6)3-1-2-13-9(11)12/h4-5H,1-3H2,(H2,10,14,15)(H4,11,12,13). The van der Waals surface area contributed by atoms with Crippen LogP contribution in [0.5, 0.6) is 0 Å². The van der Waals surface area contributed by atoms with Crippen LogP contribution in [0.1, 0.15) is 6.42 Å². The predicted molar refractivity (Wildman–Crippen MR) is 65.0 cm³/mol. The highest BCUT2D eigenvalue weighted by Crippen LogP contribution is 2.14. The van der Waals surface area contributed by atoms with E-state index in [-0.39, 0.29) is 5.96 Å². The molecule has 2 heterocycles. The summed E-state index contributed by atoms with van der Waals surface area (Å²) in [4.78, 5) is 16.1. The molecule has 0 amide bonds. The molecule has 0 unspecified atom stereocenters. The number of fused-ring (bicyclic) bond motifs is 1. The Balaban J connectivity index is 2.09. The second kappa shape index (κ2) is 4.64. The Hall–Kier alpha value is -2.38. The summed E-state index contributed by atoms with van der Waals surface area (Å²) in [6, 6.07) is 0. The zero-order valence-electron chi connectivity index (χ0n) is 9.24. The minimum atomic E-state index is 0.104. The van der Waals surface area contributed by atoms with Gasteiger partial charge in [-0.3, -0.25) is 4.99 Å². The first-order chi connectivity index (χ1) is 8.18. The van der Waals surface area contributed by atoms with E-state index in [4.69, 9.17) is 17.2 Å². The molecule has 0 saturated heterocycles. The van der Waals surface area contributed by atoms with Gasteiger partial charge in [-0.15, -0.1) is 0 Å². The molecule has 0 atom stereocenters. The number of aromatic nitrogens is 4. The van der Waals surface area contributed by atoms with Crippen LogP contribution in [0.3, 0.4) is 0 Å². The quantitative estimate of drug-likeness (QED) is 0.355. The van der Waals surface area contributed by atoms with Crippen LogP contribution in [-0.2, 0) is 6.54 Å². The minimum Gasteiger partial charge on any atom is -0.382 e. The molecule has 0 aliphatic heterocycles. The summed E-state index contributed by atoms with van der Waals surface area (Å²) in [6.07, 6.45) is 3.91. The number of hydrogen-bond acceptors (Lipinski definition) is 5. The highest BCUT2D eigenvalue weighted by Gasteiger charge is 2.06. The molecule has 0 aliphatic carbocycles. The van der Waals surface area contributed by atoms with Crippen LogP contribution in [-0.4, -0.2) is 32.0 Å². The number of anilines is 1. The summed E-state index contributed by atoms with van der Waals surface area (Å²) in [5, 5.41) is 0. The van der Waals surface area contributed by atoms with Gasteiger partial charge in [0.05, 0.1) is 6.33 Å². The van der Waals surface area contributed by atoms with Gasteiger partial charge >= 0.3 is 0 Å². The molecule has 6 N–H and O–H groups in total. The molecule has 2 rings (SSSR count). The lowest BCUT2D eigenvalue weighted by Gasteiger charge is -2.01. The Morgan fingerprint density at radius 1 is 1.29 bits per heavy atom. The van der Waals surface area contributed by atoms with Crippen LogP contribution in [0.4, 0.5) is 5.82 Å². The van der Waals surface area contributed by atoms with Gasteiger partial charge in [0.15, 0.2) is 17.4 Å². The van der Waals surface area contributed by atoms with E-state index in [1.807, 2.05) is 4.57 Å². The molecule has 0 radical (unpaired) electrons. The molecule has 0 fully saturated rings. The third kappa shape index (κ3) is 2.41. The largest absolute Gasteiger partial charge is 0.382 e. The van der Waals surface area contributed by atoms with Crippen LogP contribution < -0.4 is 17.2 Å². The first-order valence-corrected chi connectivity index (χ1v) is 5.15. The number of nitrogen functional groups attached to an aromatic ring is 1. The lowest BCUT2D eigenvalue weighted by atomic mass is 10.4. The smallest absolute Gasteiger partial charge is 0.185 e. The zero-order chi connectivity index (χ0) is 12.3. The molecule has 0 bridgehead atoms. The number of guanidine groups is 1. The van der Waals surface area contributed by atoms with Crippen molar-refractivity contribution < 1.29 is 0 Å². The Kier molecular flexibility index (Phi) is 3.03. The average molecular weight is 234 g/mol. The average Bonchev–Trinajstić information content (AvgIpc) is 2.69. The number of imidazole rings is 1. The van der Waals surface area contributed by atoms with Gasteiger partial charge in [-0.05, 0) is 6.42 Å². The molecule has 2 aromatic rings. The van der Waals surface area contributed by atoms with Gasteiger partial charge in [0, 0.05) is 13.1 Å². The molecule has 90 valence electrons. The maximum atomic E-state index is 5.68. The van der Waals surface area contributed by atoms with Crippen LogP contribution in [0.25, 0.3) is 11.2 Å². The van der Waals surface area contributed by atoms with Crippen molar-refractivity contribution >= 4 is 22.9 Å². The maximum Gasteiger partial charge on any atom is 0.185 e. The van der Waals surface area contributed by atoms with Gasteiger partial charge < -0.3 is 21.8 Å². The molecule has 17 heavy (non-hydrogen) atoms. The van der Waals surface area contributed by atoms with E-state index in [1.165, 1.54) is 6.33 Å². The Morgan fingerprint density at radius 3 is 2.88 bits per heavy atom. The summed E-state index contributed by atoms with van der Waals surface area (Å²) in [7, 11) is 0. The van der Waals surface area contributed by atoms with Crippen molar-refractivity contribution in [2.45, 2.75) is 13.0 Å². The van der Waals surface area contributed by atoms with Crippen molar-refractivity contribution in [2.75, 3.05) is 12.3 Å². The predicted octanol–water partition coefficient (Wildman–Crippen LogP) is -0.928. The fraction of sp³-hybridized carbons (Fsp3) is 0.333. The van der Waals surface area contributed by atoms with E-state index in [0.717, 1.165) is 18.6 Å². The fourth-order valence-corrected chi connectivity index (χ4v) is 1.51. The number of nitrogens with zero attached hydrogens (tertiary/aromatic N) is 5. The summed E-state index contributed by atoms with van der Waals surface area (Å²) in [5.41, 5.74) is 17.5. The highest BCUT2D eigenvalue weighted by atomic mass is 15.1. The molecule has 8 heteroatoms. The first kappa shape index (κ1) is 11.1. The summed E-state index contributed by atoms with van der Waals surface area (Å²) in [5.74, 6) is 0.491. The third-order valence-electron chi connectivity index (χ3n) is 2.28. The summed E-state index contributed by atoms with van der Waals surface area (Å²) >= 11 is 0. The normalized spacial score (nSPS) is 10.6. The lowest BCUT2D eigenvalue weighted by Crippen LogP contribution is -2.23. The van der Waals surface area contributed by atoms with E-state index >= 15 is 0 Å². The van der Waals surface area contributed by atoms with Gasteiger partial charge in [-0.1, -0.05) is 0 Å². The molecule has 0 aliphatic rings. The zero-order valence-corrected chi connectivity index (χ0v) is 9.24. The van der Waals surface area contributed by atoms with Crippen molar-refractivity contribution in [3.05, 3.63) is 12.7 Å². The second-order valence-electron chi connectivity index (χ2n) is 3.53. The third-order valence-corrected chi connectivity index (χ3v) is 2.28. The Bertz CT molecular complexity index is 539. The van der Waals surface area contributed by atoms with E-state index in [0.29, 0.717) is 17.9 Å². The van der Waals surface area contributed by atoms with E-state index < -0.39 is 0 Å². The number of hydrogen-bond donors (Lipinski definition) is 3. The number of aliphatic imine (C=N–C) groups is 1. The van der Waals surface area contributed by atoms with Crippen molar-refractivity contribution in [3.8, 4) is 0 Å². The van der Waals surface area contributed by atoms with Crippen LogP contribution >= 0.6 is 0 Å². The fourth-order valence-electron chi connectivity index (χ4n) is 1.51. The van der Waals surface area contributed by atoms with Crippen molar-refractivity contribution in [1.29, 1.82) is 0 Å². The van der Waals surface area contributed by atoms with Crippen molar-refractivity contribution in [3.63, 3.8) is 0 Å². The molecule has 0 spiro atoms. The summed E-state index contributed by atoms with van der Waals surface area (Å²) < 4.78 is 1.90. The van der Waals surface area contributed by atoms with Gasteiger partial charge in [-0.25, -0.2) is 15.0 Å². The second-order valence-corrected chi connectivity index (χ2v) is 3.53. The first-order valence-electron chi connectivity index (χ1n) is 5.15.